The van der Waals surface area contributed by atoms with Gasteiger partial charge in [-0.2, -0.15) is 0 Å². The number of hydrogen-bond donors (Lipinski definition) is 0. The average Bonchev–Trinajstić information content (AvgIpc) is 2.73. The second-order valence-corrected chi connectivity index (χ2v) is 5.11. The third kappa shape index (κ3) is 3.84. The van der Waals surface area contributed by atoms with Crippen LogP contribution in [0, 0.1) is 12.3 Å². The molecular weight excluding hydrogens is 272 g/mol. The molecule has 4 atom stereocenters. The predicted molar refractivity (Wildman–Crippen MR) is 75.5 cm³/mol. The number of terminal acetylenes is 1. The summed E-state index contributed by atoms with van der Waals surface area (Å²) in [6.07, 6.45) is 6.64. The van der Waals surface area contributed by atoms with Gasteiger partial charge in [0.05, 0.1) is 6.10 Å². The number of hydrogen-bond acceptors (Lipinski definition) is 6. The van der Waals surface area contributed by atoms with Crippen LogP contribution in [0.15, 0.2) is 0 Å². The van der Waals surface area contributed by atoms with E-state index in [-0.39, 0.29) is 24.9 Å². The summed E-state index contributed by atoms with van der Waals surface area (Å²) in [5, 5.41) is 0. The quantitative estimate of drug-likeness (QED) is 0.568. The minimum atomic E-state index is -0.483. The van der Waals surface area contributed by atoms with Gasteiger partial charge in [-0.15, -0.1) is 6.42 Å². The summed E-state index contributed by atoms with van der Waals surface area (Å²) in [6, 6.07) is 0. The third-order valence-corrected chi connectivity index (χ3v) is 3.69. The molecule has 6 heteroatoms. The summed E-state index contributed by atoms with van der Waals surface area (Å²) in [7, 11) is 1.57. The summed E-state index contributed by atoms with van der Waals surface area (Å²) in [6.45, 7) is 2.23. The zero-order chi connectivity index (χ0) is 13.5. The van der Waals surface area contributed by atoms with Crippen molar-refractivity contribution in [1.29, 1.82) is 0 Å². The van der Waals surface area contributed by atoms with Crippen LogP contribution < -0.4 is 0 Å². The van der Waals surface area contributed by atoms with Crippen molar-refractivity contribution in [3.05, 3.63) is 0 Å². The molecule has 0 radical (unpaired) electrons. The molecule has 0 spiro atoms. The van der Waals surface area contributed by atoms with Gasteiger partial charge in [-0.25, -0.2) is 0 Å². The Balaban J connectivity index is 2.76. The van der Waals surface area contributed by atoms with Crippen molar-refractivity contribution in [3.8, 4) is 12.3 Å². The highest BCUT2D eigenvalue weighted by Gasteiger charge is 2.47. The Morgan fingerprint density at radius 1 is 1.50 bits per heavy atom. The highest BCUT2D eigenvalue weighted by molar-refractivity contribution is 8.22. The Hall–Kier alpha value is -0.320. The number of thioether (sulfide) groups is 1. The summed E-state index contributed by atoms with van der Waals surface area (Å²) < 4.78 is 22.7. The Labute approximate surface area is 118 Å². The maximum absolute atomic E-state index is 5.72. The molecule has 0 aromatic rings. The van der Waals surface area contributed by atoms with E-state index in [1.165, 1.54) is 11.8 Å². The van der Waals surface area contributed by atoms with Gasteiger partial charge >= 0.3 is 0 Å². The van der Waals surface area contributed by atoms with Crippen LogP contribution in [0.5, 0.6) is 0 Å². The van der Waals surface area contributed by atoms with Crippen LogP contribution in [0.1, 0.15) is 13.3 Å². The second-order valence-electron chi connectivity index (χ2n) is 3.70. The molecule has 102 valence electrons. The summed E-state index contributed by atoms with van der Waals surface area (Å²) in [4.78, 5) is 0. The van der Waals surface area contributed by atoms with Crippen LogP contribution in [0.2, 0.25) is 0 Å². The molecule has 0 bridgehead atoms. The number of rotatable bonds is 5. The first kappa shape index (κ1) is 15.7. The van der Waals surface area contributed by atoms with Crippen molar-refractivity contribution < 1.29 is 18.9 Å². The molecule has 0 aromatic carbocycles. The first-order chi connectivity index (χ1) is 8.67. The molecule has 1 rings (SSSR count). The average molecular weight is 290 g/mol. The summed E-state index contributed by atoms with van der Waals surface area (Å²) in [5.74, 6) is 2.45. The third-order valence-electron chi connectivity index (χ3n) is 2.66. The lowest BCUT2D eigenvalue weighted by atomic mass is 10.1. The molecule has 18 heavy (non-hydrogen) atoms. The molecule has 0 N–H and O–H groups in total. The van der Waals surface area contributed by atoms with E-state index in [9.17, 15) is 0 Å². The lowest BCUT2D eigenvalue weighted by Gasteiger charge is -2.23. The van der Waals surface area contributed by atoms with Gasteiger partial charge < -0.3 is 18.9 Å². The zero-order valence-electron chi connectivity index (χ0n) is 10.8. The fourth-order valence-corrected chi connectivity index (χ4v) is 2.16. The Bertz CT molecular complexity index is 316. The molecule has 1 heterocycles. The topological polar surface area (TPSA) is 36.9 Å². The maximum Gasteiger partial charge on any atom is 0.220 e. The van der Waals surface area contributed by atoms with Crippen molar-refractivity contribution in [3.63, 3.8) is 0 Å². The lowest BCUT2D eigenvalue weighted by Crippen LogP contribution is -2.39. The van der Waals surface area contributed by atoms with E-state index in [4.69, 9.17) is 37.6 Å². The molecule has 0 aliphatic carbocycles. The highest BCUT2D eigenvalue weighted by atomic mass is 32.2. The number of ether oxygens (including phenoxy) is 4. The Morgan fingerprint density at radius 2 is 2.22 bits per heavy atom. The largest absolute Gasteiger partial charge is 0.467 e. The lowest BCUT2D eigenvalue weighted by molar-refractivity contribution is -0.144. The molecule has 0 amide bonds. The Morgan fingerprint density at radius 3 is 2.72 bits per heavy atom. The van der Waals surface area contributed by atoms with Crippen LogP contribution >= 0.6 is 24.0 Å². The molecule has 0 unspecified atom stereocenters. The van der Waals surface area contributed by atoms with E-state index < -0.39 is 6.29 Å². The van der Waals surface area contributed by atoms with E-state index in [0.29, 0.717) is 4.38 Å². The molecule has 1 fully saturated rings. The second kappa shape index (κ2) is 7.97. The van der Waals surface area contributed by atoms with Gasteiger partial charge in [0.25, 0.3) is 0 Å². The monoisotopic (exact) mass is 290 g/mol. The SMILES string of the molecule is C#CCO[C@@H]1[C@@H](OC(=S)SC)[C@@H](OC)O[C@@H]1CC. The van der Waals surface area contributed by atoms with Crippen LogP contribution in [-0.2, 0) is 18.9 Å². The minimum Gasteiger partial charge on any atom is -0.467 e. The first-order valence-electron chi connectivity index (χ1n) is 5.65. The molecule has 0 aromatic heterocycles. The van der Waals surface area contributed by atoms with Crippen molar-refractivity contribution in [2.24, 2.45) is 0 Å². The van der Waals surface area contributed by atoms with Gasteiger partial charge in [0.2, 0.25) is 4.38 Å². The highest BCUT2D eigenvalue weighted by Crippen LogP contribution is 2.29. The maximum atomic E-state index is 5.72. The van der Waals surface area contributed by atoms with Crippen molar-refractivity contribution in [2.45, 2.75) is 37.9 Å². The van der Waals surface area contributed by atoms with E-state index in [1.54, 1.807) is 7.11 Å². The van der Waals surface area contributed by atoms with E-state index in [2.05, 4.69) is 5.92 Å². The Kier molecular flexibility index (Phi) is 6.97. The van der Waals surface area contributed by atoms with Crippen LogP contribution in [0.4, 0.5) is 0 Å². The molecule has 4 nitrogen and oxygen atoms in total. The minimum absolute atomic E-state index is 0.0991. The summed E-state index contributed by atoms with van der Waals surface area (Å²) >= 11 is 6.43. The number of methoxy groups -OCH3 is 1. The molecule has 1 aliphatic heterocycles. The molecular formula is C12H18O4S2. The smallest absolute Gasteiger partial charge is 0.220 e. The van der Waals surface area contributed by atoms with Crippen LogP contribution in [-0.4, -0.2) is 49.0 Å². The molecule has 1 aliphatic rings. The van der Waals surface area contributed by atoms with Crippen LogP contribution in [0.3, 0.4) is 0 Å². The molecule has 1 saturated heterocycles. The van der Waals surface area contributed by atoms with Crippen LogP contribution in [0.25, 0.3) is 0 Å². The van der Waals surface area contributed by atoms with Gasteiger partial charge in [0.1, 0.15) is 12.7 Å². The fourth-order valence-electron chi connectivity index (χ4n) is 1.84. The van der Waals surface area contributed by atoms with E-state index in [1.807, 2.05) is 13.2 Å². The van der Waals surface area contributed by atoms with Crippen molar-refractivity contribution in [1.82, 2.24) is 0 Å². The van der Waals surface area contributed by atoms with Gasteiger partial charge in [0, 0.05) is 7.11 Å². The van der Waals surface area contributed by atoms with Crippen molar-refractivity contribution in [2.75, 3.05) is 20.0 Å². The zero-order valence-corrected chi connectivity index (χ0v) is 12.4. The standard InChI is InChI=1S/C12H18O4S2/c1-5-7-14-9-8(6-2)15-11(13-3)10(9)16-12(17)18-4/h1,8-11H,6-7H2,2-4H3/t8-,9+,10-,11+/m1/s1. The van der Waals surface area contributed by atoms with Gasteiger partial charge in [-0.3, -0.25) is 0 Å². The summed E-state index contributed by atoms with van der Waals surface area (Å²) in [5.41, 5.74) is 0. The normalized spacial score (nSPS) is 31.0. The van der Waals surface area contributed by atoms with Crippen molar-refractivity contribution >= 4 is 28.4 Å². The fraction of sp³-hybridized carbons (Fsp3) is 0.750. The first-order valence-corrected chi connectivity index (χ1v) is 7.29. The predicted octanol–water partition coefficient (Wildman–Crippen LogP) is 1.82. The molecule has 0 saturated carbocycles. The van der Waals surface area contributed by atoms with E-state index in [0.717, 1.165) is 6.42 Å². The van der Waals surface area contributed by atoms with Gasteiger partial charge in [0.15, 0.2) is 12.4 Å². The van der Waals surface area contributed by atoms with Gasteiger partial charge in [-0.1, -0.05) is 24.6 Å². The number of thiocarbonyl (C=S) groups is 1. The van der Waals surface area contributed by atoms with E-state index >= 15 is 0 Å². The van der Waals surface area contributed by atoms with Gasteiger partial charge in [-0.05, 0) is 24.9 Å².